The van der Waals surface area contributed by atoms with Crippen LogP contribution >= 0.6 is 11.3 Å². The first kappa shape index (κ1) is 13.5. The minimum Gasteiger partial charge on any atom is -0.385 e. The van der Waals surface area contributed by atoms with Crippen molar-refractivity contribution in [3.05, 3.63) is 40.6 Å². The van der Waals surface area contributed by atoms with Crippen LogP contribution in [0.3, 0.4) is 0 Å². The van der Waals surface area contributed by atoms with Crippen LogP contribution in [0.4, 0.5) is 5.69 Å². The second-order valence-corrected chi connectivity index (χ2v) is 4.66. The number of pyridine rings is 1. The van der Waals surface area contributed by atoms with Crippen molar-refractivity contribution in [3.63, 3.8) is 0 Å². The predicted molar refractivity (Wildman–Crippen MR) is 76.6 cm³/mol. The summed E-state index contributed by atoms with van der Waals surface area (Å²) in [6, 6.07) is 3.59. The van der Waals surface area contributed by atoms with Gasteiger partial charge in [-0.05, 0) is 19.1 Å². The second kappa shape index (κ2) is 6.84. The molecule has 0 saturated heterocycles. The van der Waals surface area contributed by atoms with Crippen molar-refractivity contribution in [3.8, 4) is 0 Å². The van der Waals surface area contributed by atoms with Gasteiger partial charge in [-0.3, -0.25) is 9.78 Å². The van der Waals surface area contributed by atoms with Crippen LogP contribution in [0.25, 0.3) is 0 Å². The van der Waals surface area contributed by atoms with Gasteiger partial charge < -0.3 is 10.6 Å². The van der Waals surface area contributed by atoms with Crippen LogP contribution in [0.15, 0.2) is 29.2 Å². The Hall–Kier alpha value is -1.95. The van der Waals surface area contributed by atoms with E-state index in [-0.39, 0.29) is 5.91 Å². The summed E-state index contributed by atoms with van der Waals surface area (Å²) >= 11 is 1.56. The molecule has 0 radical (unpaired) electrons. The number of amides is 1. The highest BCUT2D eigenvalue weighted by atomic mass is 32.1. The normalized spacial score (nSPS) is 10.2. The zero-order chi connectivity index (χ0) is 13.5. The van der Waals surface area contributed by atoms with E-state index in [0.29, 0.717) is 12.2 Å². The van der Waals surface area contributed by atoms with Crippen LogP contribution in [0.5, 0.6) is 0 Å². The van der Waals surface area contributed by atoms with E-state index in [1.807, 2.05) is 18.4 Å². The van der Waals surface area contributed by atoms with E-state index in [4.69, 9.17) is 0 Å². The number of hydrogen-bond acceptors (Lipinski definition) is 5. The lowest BCUT2D eigenvalue weighted by atomic mass is 10.3. The third-order valence-electron chi connectivity index (χ3n) is 2.52. The topological polar surface area (TPSA) is 66.9 Å². The summed E-state index contributed by atoms with van der Waals surface area (Å²) in [4.78, 5) is 20.1. The number of nitrogens with zero attached hydrogens (tertiary/aromatic N) is 2. The maximum absolute atomic E-state index is 11.9. The molecule has 0 unspecified atom stereocenters. The number of thiazole rings is 1. The van der Waals surface area contributed by atoms with Crippen LogP contribution in [-0.4, -0.2) is 29.0 Å². The zero-order valence-electron chi connectivity index (χ0n) is 10.7. The van der Waals surface area contributed by atoms with E-state index in [9.17, 15) is 4.79 Å². The van der Waals surface area contributed by atoms with Crippen molar-refractivity contribution < 1.29 is 4.79 Å². The molecule has 5 nitrogen and oxygen atoms in total. The molecule has 2 rings (SSSR count). The maximum atomic E-state index is 11.9. The minimum atomic E-state index is -0.157. The van der Waals surface area contributed by atoms with E-state index in [0.717, 1.165) is 24.3 Å². The van der Waals surface area contributed by atoms with Crippen LogP contribution in [0.1, 0.15) is 23.1 Å². The van der Waals surface area contributed by atoms with Crippen molar-refractivity contribution in [1.82, 2.24) is 15.3 Å². The molecule has 2 aromatic rings. The molecule has 0 spiro atoms. The zero-order valence-corrected chi connectivity index (χ0v) is 11.5. The van der Waals surface area contributed by atoms with E-state index < -0.39 is 0 Å². The van der Waals surface area contributed by atoms with Crippen LogP contribution in [0, 0.1) is 0 Å². The number of nitrogens with one attached hydrogen (secondary N) is 2. The van der Waals surface area contributed by atoms with Gasteiger partial charge in [0.15, 0.2) is 0 Å². The van der Waals surface area contributed by atoms with Gasteiger partial charge in [-0.1, -0.05) is 0 Å². The van der Waals surface area contributed by atoms with Crippen LogP contribution in [-0.2, 0) is 6.42 Å². The number of aromatic nitrogens is 2. The van der Waals surface area contributed by atoms with Crippen molar-refractivity contribution in [2.24, 2.45) is 0 Å². The van der Waals surface area contributed by atoms with Crippen molar-refractivity contribution in [1.29, 1.82) is 0 Å². The average molecular weight is 276 g/mol. The molecule has 0 fully saturated rings. The molecule has 0 saturated carbocycles. The standard InChI is InChI=1S/C13H16N4OS/c1-2-14-10-3-5-15-12(7-10)13(18)16-6-4-11-8-19-9-17-11/h3,5,7-9H,2,4,6H2,1H3,(H,14,15)(H,16,18). The lowest BCUT2D eigenvalue weighted by molar-refractivity contribution is 0.0949. The third kappa shape index (κ3) is 4.03. The highest BCUT2D eigenvalue weighted by Crippen LogP contribution is 2.07. The molecule has 2 aromatic heterocycles. The molecule has 0 aromatic carbocycles. The Kier molecular flexibility index (Phi) is 4.85. The molecule has 100 valence electrons. The molecule has 2 N–H and O–H groups in total. The molecule has 1 amide bonds. The fraction of sp³-hybridized carbons (Fsp3) is 0.308. The summed E-state index contributed by atoms with van der Waals surface area (Å²) in [5.41, 5.74) is 4.12. The molecule has 0 aliphatic heterocycles. The molecular formula is C13H16N4OS. The molecule has 0 aliphatic rings. The van der Waals surface area contributed by atoms with Gasteiger partial charge in [0.05, 0.1) is 11.2 Å². The average Bonchev–Trinajstić information content (AvgIpc) is 2.92. The Morgan fingerprint density at radius 1 is 1.42 bits per heavy atom. The fourth-order valence-corrected chi connectivity index (χ4v) is 2.22. The first-order chi connectivity index (χ1) is 9.29. The fourth-order valence-electron chi connectivity index (χ4n) is 1.62. The highest BCUT2D eigenvalue weighted by molar-refractivity contribution is 7.07. The van der Waals surface area contributed by atoms with Crippen molar-refractivity contribution >= 4 is 22.9 Å². The number of anilines is 1. The van der Waals surface area contributed by atoms with Gasteiger partial charge in [-0.25, -0.2) is 4.98 Å². The van der Waals surface area contributed by atoms with E-state index in [1.165, 1.54) is 0 Å². The molecule has 0 bridgehead atoms. The second-order valence-electron chi connectivity index (χ2n) is 3.95. The van der Waals surface area contributed by atoms with Crippen LogP contribution in [0.2, 0.25) is 0 Å². The molecule has 2 heterocycles. The SMILES string of the molecule is CCNc1ccnc(C(=O)NCCc2cscn2)c1. The lowest BCUT2D eigenvalue weighted by Gasteiger charge is -2.06. The molecular weight excluding hydrogens is 260 g/mol. The van der Waals surface area contributed by atoms with Gasteiger partial charge in [0.25, 0.3) is 5.91 Å². The van der Waals surface area contributed by atoms with Gasteiger partial charge in [0, 0.05) is 36.8 Å². The maximum Gasteiger partial charge on any atom is 0.269 e. The summed E-state index contributed by atoms with van der Waals surface area (Å²) < 4.78 is 0. The monoisotopic (exact) mass is 276 g/mol. The molecule has 0 atom stereocenters. The Balaban J connectivity index is 1.87. The van der Waals surface area contributed by atoms with Crippen molar-refractivity contribution in [2.75, 3.05) is 18.4 Å². The lowest BCUT2D eigenvalue weighted by Crippen LogP contribution is -2.26. The first-order valence-electron chi connectivity index (χ1n) is 6.14. The number of carbonyl (C=O) groups excluding carboxylic acids is 1. The quantitative estimate of drug-likeness (QED) is 0.846. The number of carbonyl (C=O) groups is 1. The first-order valence-corrected chi connectivity index (χ1v) is 7.09. The highest BCUT2D eigenvalue weighted by Gasteiger charge is 2.07. The summed E-state index contributed by atoms with van der Waals surface area (Å²) in [6.45, 7) is 3.39. The Labute approximate surface area is 116 Å². The van der Waals surface area contributed by atoms with Crippen LogP contribution < -0.4 is 10.6 Å². The number of hydrogen-bond donors (Lipinski definition) is 2. The van der Waals surface area contributed by atoms with Gasteiger partial charge in [-0.15, -0.1) is 11.3 Å². The Bertz CT molecular complexity index is 527. The van der Waals surface area contributed by atoms with Crippen molar-refractivity contribution in [2.45, 2.75) is 13.3 Å². The smallest absolute Gasteiger partial charge is 0.269 e. The predicted octanol–water partition coefficient (Wildman–Crippen LogP) is 1.94. The number of rotatable bonds is 6. The summed E-state index contributed by atoms with van der Waals surface area (Å²) in [7, 11) is 0. The Morgan fingerprint density at radius 3 is 3.05 bits per heavy atom. The van der Waals surface area contributed by atoms with Gasteiger partial charge >= 0.3 is 0 Å². The summed E-state index contributed by atoms with van der Waals surface area (Å²) in [5.74, 6) is -0.157. The van der Waals surface area contributed by atoms with E-state index in [1.54, 1.807) is 29.1 Å². The minimum absolute atomic E-state index is 0.157. The van der Waals surface area contributed by atoms with Gasteiger partial charge in [-0.2, -0.15) is 0 Å². The van der Waals surface area contributed by atoms with Gasteiger partial charge in [0.2, 0.25) is 0 Å². The largest absolute Gasteiger partial charge is 0.385 e. The Morgan fingerprint density at radius 2 is 2.32 bits per heavy atom. The molecule has 0 aliphatic carbocycles. The molecule has 19 heavy (non-hydrogen) atoms. The summed E-state index contributed by atoms with van der Waals surface area (Å²) in [6.07, 6.45) is 2.37. The van der Waals surface area contributed by atoms with Gasteiger partial charge in [0.1, 0.15) is 5.69 Å². The third-order valence-corrected chi connectivity index (χ3v) is 3.16. The van der Waals surface area contributed by atoms with E-state index >= 15 is 0 Å². The molecule has 6 heteroatoms. The summed E-state index contributed by atoms with van der Waals surface area (Å²) in [5, 5.41) is 7.98. The van der Waals surface area contributed by atoms with E-state index in [2.05, 4.69) is 20.6 Å².